The highest BCUT2D eigenvalue weighted by molar-refractivity contribution is 7.16. The van der Waals surface area contributed by atoms with Gasteiger partial charge in [0.25, 0.3) is 0 Å². The number of thiophene rings is 1. The number of likely N-dealkylation sites (N-methyl/N-ethyl adjacent to an activating group) is 1. The number of hydrogen-bond donors (Lipinski definition) is 1. The van der Waals surface area contributed by atoms with Gasteiger partial charge >= 0.3 is 6.09 Å². The highest BCUT2D eigenvalue weighted by Gasteiger charge is 2.28. The molecule has 0 spiro atoms. The number of amides is 2. The van der Waals surface area contributed by atoms with Crippen molar-refractivity contribution in [2.75, 3.05) is 18.9 Å². The van der Waals surface area contributed by atoms with Crippen LogP contribution in [0.2, 0.25) is 0 Å². The summed E-state index contributed by atoms with van der Waals surface area (Å²) in [5.41, 5.74) is 2.19. The van der Waals surface area contributed by atoms with Crippen LogP contribution in [0.1, 0.15) is 28.0 Å². The fraction of sp³-hybridized carbons (Fsp3) is 0.286. The summed E-state index contributed by atoms with van der Waals surface area (Å²) in [5, 5.41) is 12.9. The topological polar surface area (TPSA) is 95.6 Å². The number of fused-ring (bicyclic) bond motifs is 1. The van der Waals surface area contributed by atoms with Crippen LogP contribution >= 0.6 is 11.3 Å². The molecule has 2 aromatic rings. The molecule has 1 N–H and O–H groups in total. The van der Waals surface area contributed by atoms with Crippen molar-refractivity contribution in [3.63, 3.8) is 0 Å². The van der Waals surface area contributed by atoms with E-state index in [0.29, 0.717) is 36.4 Å². The predicted octanol–water partition coefficient (Wildman–Crippen LogP) is 3.98. The molecule has 29 heavy (non-hydrogen) atoms. The van der Waals surface area contributed by atoms with E-state index in [1.54, 1.807) is 25.3 Å². The smallest absolute Gasteiger partial charge is 0.410 e. The molecule has 2 aromatic heterocycles. The number of rotatable bonds is 6. The van der Waals surface area contributed by atoms with E-state index >= 15 is 0 Å². The third kappa shape index (κ3) is 4.95. The van der Waals surface area contributed by atoms with Crippen LogP contribution in [0.15, 0.2) is 41.7 Å². The van der Waals surface area contributed by atoms with Crippen LogP contribution in [0.25, 0.3) is 6.08 Å². The Labute approximate surface area is 172 Å². The number of nitriles is 1. The molecule has 0 saturated carbocycles. The maximum absolute atomic E-state index is 12.2. The predicted molar refractivity (Wildman–Crippen MR) is 111 cm³/mol. The number of hydrogen-bond acceptors (Lipinski definition) is 6. The fourth-order valence-corrected chi connectivity index (χ4v) is 4.32. The van der Waals surface area contributed by atoms with Gasteiger partial charge < -0.3 is 19.4 Å². The molecule has 7 nitrogen and oxygen atoms in total. The van der Waals surface area contributed by atoms with E-state index in [2.05, 4.69) is 18.0 Å². The molecule has 0 fully saturated rings. The summed E-state index contributed by atoms with van der Waals surface area (Å²) >= 11 is 1.36. The lowest BCUT2D eigenvalue weighted by Crippen LogP contribution is -2.33. The standard InChI is InChI=1S/C21H21N3O4S/c1-3-9-24(2)21(26)28-15-5-6-16-17(12-22)20(29-18(16)11-15)23-19(25)7-4-14-8-10-27-13-14/h3-4,7-8,10,13,15H,1,5-6,9,11H2,2H3,(H,23,25). The minimum Gasteiger partial charge on any atom is -0.472 e. The summed E-state index contributed by atoms with van der Waals surface area (Å²) < 4.78 is 10.5. The number of furan rings is 1. The van der Waals surface area contributed by atoms with E-state index in [0.717, 1.165) is 16.0 Å². The summed E-state index contributed by atoms with van der Waals surface area (Å²) in [5.74, 6) is -0.324. The van der Waals surface area contributed by atoms with Crippen LogP contribution in [0.4, 0.5) is 9.80 Å². The van der Waals surface area contributed by atoms with Crippen LogP contribution in [0.5, 0.6) is 0 Å². The first kappa shape index (κ1) is 20.4. The summed E-state index contributed by atoms with van der Waals surface area (Å²) in [6.45, 7) is 4.02. The molecular formula is C21H21N3O4S. The van der Waals surface area contributed by atoms with Crippen molar-refractivity contribution in [1.29, 1.82) is 5.26 Å². The minimum absolute atomic E-state index is 0.253. The Morgan fingerprint density at radius 1 is 1.55 bits per heavy atom. The Balaban J connectivity index is 1.68. The molecule has 1 unspecified atom stereocenters. The second kappa shape index (κ2) is 9.26. The van der Waals surface area contributed by atoms with Gasteiger partial charge in [-0.2, -0.15) is 5.26 Å². The van der Waals surface area contributed by atoms with Crippen molar-refractivity contribution in [3.05, 3.63) is 58.9 Å². The molecule has 0 radical (unpaired) electrons. The molecule has 2 amide bonds. The van der Waals surface area contributed by atoms with Crippen molar-refractivity contribution in [1.82, 2.24) is 4.90 Å². The second-order valence-corrected chi connectivity index (χ2v) is 7.72. The third-order valence-electron chi connectivity index (χ3n) is 4.52. The van der Waals surface area contributed by atoms with Gasteiger partial charge in [-0.3, -0.25) is 4.79 Å². The lowest BCUT2D eigenvalue weighted by molar-refractivity contribution is -0.111. The first-order valence-electron chi connectivity index (χ1n) is 9.10. The zero-order valence-electron chi connectivity index (χ0n) is 16.0. The van der Waals surface area contributed by atoms with Crippen LogP contribution < -0.4 is 5.32 Å². The van der Waals surface area contributed by atoms with Gasteiger partial charge in [-0.25, -0.2) is 4.79 Å². The Bertz CT molecular complexity index is 969. The maximum Gasteiger partial charge on any atom is 0.410 e. The van der Waals surface area contributed by atoms with Gasteiger partial charge in [0.15, 0.2) is 0 Å². The molecular weight excluding hydrogens is 390 g/mol. The first-order valence-corrected chi connectivity index (χ1v) is 9.92. The molecule has 8 heteroatoms. The van der Waals surface area contributed by atoms with Crippen molar-refractivity contribution in [2.24, 2.45) is 0 Å². The van der Waals surface area contributed by atoms with Crippen LogP contribution in [-0.2, 0) is 22.4 Å². The van der Waals surface area contributed by atoms with Gasteiger partial charge in [0, 0.05) is 36.5 Å². The van der Waals surface area contributed by atoms with E-state index in [4.69, 9.17) is 9.15 Å². The van der Waals surface area contributed by atoms with Gasteiger partial charge in [0.2, 0.25) is 5.91 Å². The number of ether oxygens (including phenoxy) is 1. The zero-order chi connectivity index (χ0) is 20.8. The average Bonchev–Trinajstić information content (AvgIpc) is 3.33. The van der Waals surface area contributed by atoms with Crippen LogP contribution in [0, 0.1) is 11.3 Å². The monoisotopic (exact) mass is 411 g/mol. The minimum atomic E-state index is -0.395. The van der Waals surface area contributed by atoms with Gasteiger partial charge in [0.05, 0.1) is 18.1 Å². The van der Waals surface area contributed by atoms with E-state index < -0.39 is 6.09 Å². The normalized spacial score (nSPS) is 15.4. The van der Waals surface area contributed by atoms with Gasteiger partial charge in [0.1, 0.15) is 17.2 Å². The Morgan fingerprint density at radius 2 is 2.38 bits per heavy atom. The number of carbonyl (C=O) groups excluding carboxylic acids is 2. The van der Waals surface area contributed by atoms with Crippen molar-refractivity contribution >= 4 is 34.4 Å². The molecule has 0 saturated heterocycles. The van der Waals surface area contributed by atoms with Crippen molar-refractivity contribution in [2.45, 2.75) is 25.4 Å². The quantitative estimate of drug-likeness (QED) is 0.573. The SMILES string of the molecule is C=CCN(C)C(=O)OC1CCc2c(sc(NC(=O)C=Cc3ccoc3)c2C#N)C1. The second-order valence-electron chi connectivity index (χ2n) is 6.62. The van der Waals surface area contributed by atoms with Crippen LogP contribution in [-0.4, -0.2) is 36.6 Å². The zero-order valence-corrected chi connectivity index (χ0v) is 16.8. The molecule has 2 heterocycles. The molecule has 1 aliphatic rings. The van der Waals surface area contributed by atoms with Gasteiger partial charge in [-0.15, -0.1) is 17.9 Å². The van der Waals surface area contributed by atoms with E-state index in [9.17, 15) is 14.9 Å². The highest BCUT2D eigenvalue weighted by atomic mass is 32.1. The van der Waals surface area contributed by atoms with E-state index in [-0.39, 0.29) is 12.0 Å². The molecule has 3 rings (SSSR count). The fourth-order valence-electron chi connectivity index (χ4n) is 3.06. The number of carbonyl (C=O) groups is 2. The summed E-state index contributed by atoms with van der Waals surface area (Å²) in [6, 6.07) is 3.94. The van der Waals surface area contributed by atoms with Gasteiger partial charge in [-0.1, -0.05) is 6.08 Å². The Morgan fingerprint density at radius 3 is 3.07 bits per heavy atom. The first-order chi connectivity index (χ1) is 14.0. The molecule has 1 aliphatic carbocycles. The number of anilines is 1. The summed E-state index contributed by atoms with van der Waals surface area (Å²) in [4.78, 5) is 26.7. The molecule has 0 aromatic carbocycles. The maximum atomic E-state index is 12.2. The van der Waals surface area contributed by atoms with Gasteiger partial charge in [-0.05, 0) is 30.5 Å². The summed E-state index contributed by atoms with van der Waals surface area (Å²) in [6.07, 6.45) is 8.86. The Hall–Kier alpha value is -3.31. The van der Waals surface area contributed by atoms with Crippen molar-refractivity contribution < 1.29 is 18.7 Å². The lowest BCUT2D eigenvalue weighted by Gasteiger charge is -2.25. The van der Waals surface area contributed by atoms with E-state index in [1.165, 1.54) is 34.8 Å². The highest BCUT2D eigenvalue weighted by Crippen LogP contribution is 2.38. The molecule has 0 bridgehead atoms. The molecule has 1 atom stereocenters. The van der Waals surface area contributed by atoms with Crippen molar-refractivity contribution in [3.8, 4) is 6.07 Å². The number of nitrogens with one attached hydrogen (secondary N) is 1. The summed E-state index contributed by atoms with van der Waals surface area (Å²) in [7, 11) is 1.65. The van der Waals surface area contributed by atoms with Crippen LogP contribution in [0.3, 0.4) is 0 Å². The Kier molecular flexibility index (Phi) is 6.52. The van der Waals surface area contributed by atoms with E-state index in [1.807, 2.05) is 0 Å². The molecule has 150 valence electrons. The average molecular weight is 411 g/mol. The third-order valence-corrected chi connectivity index (χ3v) is 5.69. The largest absolute Gasteiger partial charge is 0.472 e. The number of nitrogens with zero attached hydrogens (tertiary/aromatic N) is 2. The molecule has 0 aliphatic heterocycles. The lowest BCUT2D eigenvalue weighted by atomic mass is 9.94.